The number of ether oxygens (including phenoxy) is 1. The van der Waals surface area contributed by atoms with Gasteiger partial charge < -0.3 is 10.1 Å². The summed E-state index contributed by atoms with van der Waals surface area (Å²) < 4.78 is 33.9. The van der Waals surface area contributed by atoms with Gasteiger partial charge in [0.1, 0.15) is 17.3 Å². The van der Waals surface area contributed by atoms with Gasteiger partial charge in [0.2, 0.25) is 15.9 Å². The van der Waals surface area contributed by atoms with Gasteiger partial charge in [-0.1, -0.05) is 83.9 Å². The number of nitrogens with zero attached hydrogens (tertiary/aromatic N) is 1. The maximum Gasteiger partial charge on any atom is 0.245 e. The molecule has 4 rings (SSSR count). The molecule has 37 heavy (non-hydrogen) atoms. The van der Waals surface area contributed by atoms with E-state index in [1.54, 1.807) is 48.5 Å². The summed E-state index contributed by atoms with van der Waals surface area (Å²) in [7, 11) is -4.14. The molecule has 0 fully saturated rings. The number of rotatable bonds is 10. The van der Waals surface area contributed by atoms with E-state index in [2.05, 4.69) is 5.32 Å². The molecule has 1 N–H and O–H groups in total. The molecule has 0 spiro atoms. The van der Waals surface area contributed by atoms with Crippen molar-refractivity contribution in [3.05, 3.63) is 124 Å². The minimum Gasteiger partial charge on any atom is -0.489 e. The summed E-state index contributed by atoms with van der Waals surface area (Å²) >= 11 is 12.2. The van der Waals surface area contributed by atoms with Crippen LogP contribution in [0.3, 0.4) is 0 Å². The lowest BCUT2D eigenvalue weighted by molar-refractivity contribution is -0.116. The first-order valence-electron chi connectivity index (χ1n) is 11.4. The van der Waals surface area contributed by atoms with Crippen LogP contribution in [0.1, 0.15) is 11.1 Å². The van der Waals surface area contributed by atoms with Gasteiger partial charge >= 0.3 is 0 Å². The van der Waals surface area contributed by atoms with Crippen molar-refractivity contribution >= 4 is 44.8 Å². The summed E-state index contributed by atoms with van der Waals surface area (Å²) in [5.41, 5.74) is 2.27. The fraction of sp³-hybridized carbons (Fsp3) is 0.107. The van der Waals surface area contributed by atoms with Gasteiger partial charge in [-0.25, -0.2) is 8.42 Å². The first-order chi connectivity index (χ1) is 17.8. The third kappa shape index (κ3) is 7.33. The molecule has 4 aromatic carbocycles. The third-order valence-electron chi connectivity index (χ3n) is 5.42. The molecule has 0 aliphatic carbocycles. The van der Waals surface area contributed by atoms with Crippen molar-refractivity contribution in [1.82, 2.24) is 4.31 Å². The molecule has 0 aliphatic rings. The van der Waals surface area contributed by atoms with Crippen molar-refractivity contribution in [2.24, 2.45) is 0 Å². The zero-order chi connectivity index (χ0) is 26.3. The highest BCUT2D eigenvalue weighted by Crippen LogP contribution is 2.29. The number of nitrogens with one attached hydrogen (secondary N) is 1. The van der Waals surface area contributed by atoms with Crippen LogP contribution in [0.2, 0.25) is 10.0 Å². The number of sulfonamides is 1. The predicted molar refractivity (Wildman–Crippen MR) is 146 cm³/mol. The molecule has 0 aromatic heterocycles. The lowest BCUT2D eigenvalue weighted by Crippen LogP contribution is -2.37. The average molecular weight is 555 g/mol. The van der Waals surface area contributed by atoms with Crippen LogP contribution in [0, 0.1) is 0 Å². The van der Waals surface area contributed by atoms with E-state index in [9.17, 15) is 13.2 Å². The molecular formula is C28H24Cl2N2O4S. The van der Waals surface area contributed by atoms with E-state index in [0.717, 1.165) is 15.4 Å². The molecule has 0 unspecified atom stereocenters. The van der Waals surface area contributed by atoms with Gasteiger partial charge in [0.15, 0.2) is 0 Å². The van der Waals surface area contributed by atoms with Gasteiger partial charge in [-0.05, 0) is 53.6 Å². The maximum atomic E-state index is 13.5. The van der Waals surface area contributed by atoms with Crippen LogP contribution >= 0.6 is 23.2 Å². The Morgan fingerprint density at radius 3 is 2.08 bits per heavy atom. The van der Waals surface area contributed by atoms with Crippen molar-refractivity contribution in [2.45, 2.75) is 18.0 Å². The van der Waals surface area contributed by atoms with Crippen molar-refractivity contribution in [1.29, 1.82) is 0 Å². The van der Waals surface area contributed by atoms with Crippen LogP contribution in [0.4, 0.5) is 5.69 Å². The Kier molecular flexibility index (Phi) is 8.84. The molecule has 0 atom stereocenters. The first-order valence-corrected chi connectivity index (χ1v) is 13.6. The number of amides is 1. The normalized spacial score (nSPS) is 11.3. The number of halogens is 2. The summed E-state index contributed by atoms with van der Waals surface area (Å²) in [4.78, 5) is 12.8. The van der Waals surface area contributed by atoms with Crippen LogP contribution in [0.15, 0.2) is 108 Å². The lowest BCUT2D eigenvalue weighted by atomic mass is 10.2. The van der Waals surface area contributed by atoms with E-state index >= 15 is 0 Å². The molecule has 190 valence electrons. The lowest BCUT2D eigenvalue weighted by Gasteiger charge is -2.22. The summed E-state index contributed by atoms with van der Waals surface area (Å²) in [5.74, 6) is 0.140. The summed E-state index contributed by atoms with van der Waals surface area (Å²) in [5, 5.41) is 3.00. The Bertz CT molecular complexity index is 1450. The highest BCUT2D eigenvalue weighted by molar-refractivity contribution is 7.89. The van der Waals surface area contributed by atoms with Crippen LogP contribution < -0.4 is 10.1 Å². The van der Waals surface area contributed by atoms with Gasteiger partial charge in [0, 0.05) is 17.3 Å². The second-order valence-corrected chi connectivity index (χ2v) is 10.9. The quantitative estimate of drug-likeness (QED) is 0.246. The predicted octanol–water partition coefficient (Wildman–Crippen LogP) is 6.40. The topological polar surface area (TPSA) is 75.7 Å². The Morgan fingerprint density at radius 2 is 1.43 bits per heavy atom. The highest BCUT2D eigenvalue weighted by Gasteiger charge is 2.29. The van der Waals surface area contributed by atoms with Gasteiger partial charge in [0.05, 0.1) is 11.6 Å². The van der Waals surface area contributed by atoms with Crippen LogP contribution in [-0.4, -0.2) is 25.2 Å². The molecule has 0 aliphatic heterocycles. The van der Waals surface area contributed by atoms with Crippen molar-refractivity contribution in [3.8, 4) is 5.75 Å². The molecule has 4 aromatic rings. The Morgan fingerprint density at radius 1 is 0.811 bits per heavy atom. The van der Waals surface area contributed by atoms with Crippen LogP contribution in [-0.2, 0) is 28.0 Å². The van der Waals surface area contributed by atoms with E-state index in [-0.39, 0.29) is 21.5 Å². The largest absolute Gasteiger partial charge is 0.489 e. The monoisotopic (exact) mass is 554 g/mol. The summed E-state index contributed by atoms with van der Waals surface area (Å²) in [6.45, 7) is -0.0249. The molecule has 1 amide bonds. The SMILES string of the molecule is O=C(CN(Cc1ccccc1)S(=O)(=O)c1cc(Cl)ccc1Cl)Nc1ccc(OCc2ccccc2)cc1. The number of benzene rings is 4. The smallest absolute Gasteiger partial charge is 0.245 e. The van der Waals surface area contributed by atoms with Crippen molar-refractivity contribution in [2.75, 3.05) is 11.9 Å². The maximum absolute atomic E-state index is 13.5. The van der Waals surface area contributed by atoms with E-state index < -0.39 is 22.5 Å². The van der Waals surface area contributed by atoms with Gasteiger partial charge in [0.25, 0.3) is 0 Å². The molecule has 0 heterocycles. The second-order valence-electron chi connectivity index (χ2n) is 8.18. The van der Waals surface area contributed by atoms with Crippen molar-refractivity contribution < 1.29 is 17.9 Å². The molecule has 0 saturated carbocycles. The van der Waals surface area contributed by atoms with E-state index in [0.29, 0.717) is 18.0 Å². The Balaban J connectivity index is 1.47. The number of carbonyl (C=O) groups excluding carboxylic acids is 1. The van der Waals surface area contributed by atoms with Crippen molar-refractivity contribution in [3.63, 3.8) is 0 Å². The zero-order valence-corrected chi connectivity index (χ0v) is 22.0. The molecule has 6 nitrogen and oxygen atoms in total. The minimum atomic E-state index is -4.14. The van der Waals surface area contributed by atoms with E-state index in [1.165, 1.54) is 18.2 Å². The fourth-order valence-electron chi connectivity index (χ4n) is 3.56. The molecule has 0 bridgehead atoms. The first kappa shape index (κ1) is 26.7. The second kappa shape index (κ2) is 12.3. The van der Waals surface area contributed by atoms with Crippen LogP contribution in [0.5, 0.6) is 5.75 Å². The minimum absolute atomic E-state index is 0.0221. The highest BCUT2D eigenvalue weighted by atomic mass is 35.5. The number of hydrogen-bond acceptors (Lipinski definition) is 4. The third-order valence-corrected chi connectivity index (χ3v) is 7.93. The van der Waals surface area contributed by atoms with Crippen LogP contribution in [0.25, 0.3) is 0 Å². The van der Waals surface area contributed by atoms with Gasteiger partial charge in [-0.3, -0.25) is 4.79 Å². The number of hydrogen-bond donors (Lipinski definition) is 1. The molecule has 0 radical (unpaired) electrons. The average Bonchev–Trinajstić information content (AvgIpc) is 2.90. The number of anilines is 1. The fourth-order valence-corrected chi connectivity index (χ4v) is 5.68. The molecule has 9 heteroatoms. The van der Waals surface area contributed by atoms with E-state index in [4.69, 9.17) is 27.9 Å². The molecule has 0 saturated heterocycles. The zero-order valence-electron chi connectivity index (χ0n) is 19.7. The Hall–Kier alpha value is -3.36. The number of carbonyl (C=O) groups is 1. The van der Waals surface area contributed by atoms with E-state index in [1.807, 2.05) is 36.4 Å². The standard InChI is InChI=1S/C28H24Cl2N2O4S/c29-23-11-16-26(30)27(17-23)37(34,35)32(18-21-7-3-1-4-8-21)19-28(33)31-24-12-14-25(15-13-24)36-20-22-9-5-2-6-10-22/h1-17H,18-20H2,(H,31,33). The van der Waals surface area contributed by atoms with Gasteiger partial charge in [-0.2, -0.15) is 4.31 Å². The summed E-state index contributed by atoms with van der Waals surface area (Å²) in [6.07, 6.45) is 0. The summed E-state index contributed by atoms with van der Waals surface area (Å²) in [6, 6.07) is 29.8. The Labute approximate surface area is 226 Å². The van der Waals surface area contributed by atoms with Gasteiger partial charge in [-0.15, -0.1) is 0 Å². The molecular weight excluding hydrogens is 531 g/mol.